The van der Waals surface area contributed by atoms with Gasteiger partial charge in [-0.2, -0.15) is 0 Å². The number of fused-ring (bicyclic) bond motifs is 1. The number of piperidine rings is 1. The van der Waals surface area contributed by atoms with E-state index < -0.39 is 6.10 Å². The molecule has 0 radical (unpaired) electrons. The highest BCUT2D eigenvalue weighted by Gasteiger charge is 2.29. The standard InChI is InChI=1S/C15H20N2O3/c1-10-8-11(6-7-16-10)17-15(18)14-9-19-12-4-2-3-5-13(12)20-14/h2-5,10-11,14,16H,6-9H2,1H3,(H,17,18). The highest BCUT2D eigenvalue weighted by molar-refractivity contribution is 5.82. The van der Waals surface area contributed by atoms with Gasteiger partial charge in [0.15, 0.2) is 11.5 Å². The number of rotatable bonds is 2. The van der Waals surface area contributed by atoms with E-state index in [2.05, 4.69) is 17.6 Å². The summed E-state index contributed by atoms with van der Waals surface area (Å²) in [5.41, 5.74) is 0. The molecule has 1 aromatic carbocycles. The quantitative estimate of drug-likeness (QED) is 0.848. The third-order valence-corrected chi connectivity index (χ3v) is 3.77. The third kappa shape index (κ3) is 2.88. The lowest BCUT2D eigenvalue weighted by molar-refractivity contribution is -0.131. The fourth-order valence-electron chi connectivity index (χ4n) is 2.71. The molecular weight excluding hydrogens is 256 g/mol. The van der Waals surface area contributed by atoms with E-state index in [4.69, 9.17) is 9.47 Å². The predicted octanol–water partition coefficient (Wildman–Crippen LogP) is 1.08. The molecule has 0 aliphatic carbocycles. The van der Waals surface area contributed by atoms with Crippen molar-refractivity contribution in [3.63, 3.8) is 0 Å². The first kappa shape index (κ1) is 13.2. The van der Waals surface area contributed by atoms with Crippen molar-refractivity contribution >= 4 is 5.91 Å². The third-order valence-electron chi connectivity index (χ3n) is 3.77. The van der Waals surface area contributed by atoms with Gasteiger partial charge in [-0.3, -0.25) is 4.79 Å². The molecule has 3 rings (SSSR count). The van der Waals surface area contributed by atoms with E-state index in [-0.39, 0.29) is 18.6 Å². The van der Waals surface area contributed by atoms with E-state index in [9.17, 15) is 4.79 Å². The Balaban J connectivity index is 1.59. The summed E-state index contributed by atoms with van der Waals surface area (Å²) >= 11 is 0. The zero-order valence-corrected chi connectivity index (χ0v) is 11.6. The molecule has 1 amide bonds. The smallest absolute Gasteiger partial charge is 0.264 e. The molecule has 1 saturated heterocycles. The van der Waals surface area contributed by atoms with Crippen LogP contribution >= 0.6 is 0 Å². The Bertz CT molecular complexity index is 492. The molecular formula is C15H20N2O3. The summed E-state index contributed by atoms with van der Waals surface area (Å²) in [5.74, 6) is 1.25. The van der Waals surface area contributed by atoms with Crippen molar-refractivity contribution in [2.24, 2.45) is 0 Å². The van der Waals surface area contributed by atoms with Crippen LogP contribution in [0.25, 0.3) is 0 Å². The summed E-state index contributed by atoms with van der Waals surface area (Å²) in [6.07, 6.45) is 1.35. The number of hydrogen-bond acceptors (Lipinski definition) is 4. The Kier molecular flexibility index (Phi) is 3.78. The van der Waals surface area contributed by atoms with E-state index in [1.54, 1.807) is 0 Å². The van der Waals surface area contributed by atoms with E-state index >= 15 is 0 Å². The van der Waals surface area contributed by atoms with Crippen LogP contribution in [0.5, 0.6) is 11.5 Å². The molecule has 108 valence electrons. The lowest BCUT2D eigenvalue weighted by Crippen LogP contribution is -2.51. The molecule has 5 nitrogen and oxygen atoms in total. The number of para-hydroxylation sites is 2. The van der Waals surface area contributed by atoms with Gasteiger partial charge < -0.3 is 20.1 Å². The number of carbonyl (C=O) groups is 1. The number of amides is 1. The number of nitrogens with one attached hydrogen (secondary N) is 2. The lowest BCUT2D eigenvalue weighted by Gasteiger charge is -2.31. The first-order chi connectivity index (χ1) is 9.72. The molecule has 3 atom stereocenters. The summed E-state index contributed by atoms with van der Waals surface area (Å²) in [4.78, 5) is 12.2. The number of ether oxygens (including phenoxy) is 2. The summed E-state index contributed by atoms with van der Waals surface area (Å²) < 4.78 is 11.3. The van der Waals surface area contributed by atoms with Crippen LogP contribution in [0.4, 0.5) is 0 Å². The van der Waals surface area contributed by atoms with Crippen molar-refractivity contribution in [2.75, 3.05) is 13.2 Å². The number of hydrogen-bond donors (Lipinski definition) is 2. The van der Waals surface area contributed by atoms with Gasteiger partial charge >= 0.3 is 0 Å². The number of carbonyl (C=O) groups excluding carboxylic acids is 1. The molecule has 3 unspecified atom stereocenters. The molecule has 2 aliphatic rings. The highest BCUT2D eigenvalue weighted by atomic mass is 16.6. The maximum atomic E-state index is 12.2. The Morgan fingerprint density at radius 1 is 1.35 bits per heavy atom. The molecule has 5 heteroatoms. The number of benzene rings is 1. The van der Waals surface area contributed by atoms with Gasteiger partial charge in [-0.15, -0.1) is 0 Å². The van der Waals surface area contributed by atoms with Crippen LogP contribution in [0.2, 0.25) is 0 Å². The zero-order chi connectivity index (χ0) is 13.9. The molecule has 2 N–H and O–H groups in total. The van der Waals surface area contributed by atoms with Crippen LogP contribution in [0.15, 0.2) is 24.3 Å². The van der Waals surface area contributed by atoms with E-state index in [1.165, 1.54) is 0 Å². The molecule has 1 aromatic rings. The van der Waals surface area contributed by atoms with Gasteiger partial charge in [0.25, 0.3) is 5.91 Å². The van der Waals surface area contributed by atoms with Crippen LogP contribution in [0, 0.1) is 0 Å². The second kappa shape index (κ2) is 5.71. The highest BCUT2D eigenvalue weighted by Crippen LogP contribution is 2.30. The first-order valence-electron chi connectivity index (χ1n) is 7.14. The Labute approximate surface area is 118 Å². The molecule has 0 saturated carbocycles. The van der Waals surface area contributed by atoms with E-state index in [0.29, 0.717) is 17.5 Å². The topological polar surface area (TPSA) is 59.6 Å². The van der Waals surface area contributed by atoms with Crippen LogP contribution in [0.3, 0.4) is 0 Å². The summed E-state index contributed by atoms with van der Waals surface area (Å²) in [7, 11) is 0. The molecule has 0 bridgehead atoms. The van der Waals surface area contributed by atoms with Gasteiger partial charge in [0.05, 0.1) is 0 Å². The van der Waals surface area contributed by atoms with Crippen LogP contribution in [0.1, 0.15) is 19.8 Å². The van der Waals surface area contributed by atoms with E-state index in [1.807, 2.05) is 24.3 Å². The van der Waals surface area contributed by atoms with Crippen LogP contribution < -0.4 is 20.1 Å². The first-order valence-corrected chi connectivity index (χ1v) is 7.14. The monoisotopic (exact) mass is 276 g/mol. The summed E-state index contributed by atoms with van der Waals surface area (Å²) in [6, 6.07) is 8.09. The van der Waals surface area contributed by atoms with Crippen molar-refractivity contribution in [2.45, 2.75) is 38.0 Å². The minimum atomic E-state index is -0.560. The van der Waals surface area contributed by atoms with Crippen molar-refractivity contribution < 1.29 is 14.3 Å². The Morgan fingerprint density at radius 3 is 2.95 bits per heavy atom. The molecule has 0 spiro atoms. The molecule has 20 heavy (non-hydrogen) atoms. The largest absolute Gasteiger partial charge is 0.485 e. The Morgan fingerprint density at radius 2 is 2.15 bits per heavy atom. The SMILES string of the molecule is CC1CC(NC(=O)C2COc3ccccc3O2)CCN1. The van der Waals surface area contributed by atoms with Gasteiger partial charge in [-0.1, -0.05) is 12.1 Å². The Hall–Kier alpha value is -1.75. The van der Waals surface area contributed by atoms with Crippen molar-refractivity contribution in [3.05, 3.63) is 24.3 Å². The van der Waals surface area contributed by atoms with E-state index in [0.717, 1.165) is 19.4 Å². The van der Waals surface area contributed by atoms with Gasteiger partial charge in [0.2, 0.25) is 6.10 Å². The fraction of sp³-hybridized carbons (Fsp3) is 0.533. The predicted molar refractivity (Wildman–Crippen MR) is 75.0 cm³/mol. The van der Waals surface area contributed by atoms with Crippen molar-refractivity contribution in [3.8, 4) is 11.5 Å². The normalized spacial score (nSPS) is 28.8. The maximum Gasteiger partial charge on any atom is 0.264 e. The average Bonchev–Trinajstić information content (AvgIpc) is 2.47. The average molecular weight is 276 g/mol. The second-order valence-corrected chi connectivity index (χ2v) is 5.45. The van der Waals surface area contributed by atoms with Crippen LogP contribution in [-0.4, -0.2) is 37.2 Å². The second-order valence-electron chi connectivity index (χ2n) is 5.45. The minimum absolute atomic E-state index is 0.0846. The fourth-order valence-corrected chi connectivity index (χ4v) is 2.71. The molecule has 0 aromatic heterocycles. The van der Waals surface area contributed by atoms with Crippen molar-refractivity contribution in [1.82, 2.24) is 10.6 Å². The summed E-state index contributed by atoms with van der Waals surface area (Å²) in [6.45, 7) is 3.34. The van der Waals surface area contributed by atoms with Crippen LogP contribution in [-0.2, 0) is 4.79 Å². The molecule has 1 fully saturated rings. The van der Waals surface area contributed by atoms with Gasteiger partial charge in [0, 0.05) is 12.1 Å². The molecule has 2 aliphatic heterocycles. The van der Waals surface area contributed by atoms with Gasteiger partial charge in [-0.05, 0) is 38.4 Å². The molecule has 2 heterocycles. The minimum Gasteiger partial charge on any atom is -0.485 e. The zero-order valence-electron chi connectivity index (χ0n) is 11.6. The van der Waals surface area contributed by atoms with Gasteiger partial charge in [-0.25, -0.2) is 0 Å². The summed E-state index contributed by atoms with van der Waals surface area (Å²) in [5, 5.41) is 6.44. The van der Waals surface area contributed by atoms with Crippen molar-refractivity contribution in [1.29, 1.82) is 0 Å². The maximum absolute atomic E-state index is 12.2. The van der Waals surface area contributed by atoms with Gasteiger partial charge in [0.1, 0.15) is 6.61 Å². The lowest BCUT2D eigenvalue weighted by atomic mass is 10.0.